The molecule has 96 valence electrons. The lowest BCUT2D eigenvalue weighted by Gasteiger charge is -2.23. The normalized spacial score (nSPS) is 19.2. The number of nitrogens with one attached hydrogen (secondary N) is 1. The van der Waals surface area contributed by atoms with Gasteiger partial charge in [0.2, 0.25) is 0 Å². The van der Waals surface area contributed by atoms with E-state index in [2.05, 4.69) is 39.3 Å². The minimum atomic E-state index is 0.253. The first-order chi connectivity index (χ1) is 8.79. The van der Waals surface area contributed by atoms with E-state index in [0.717, 1.165) is 36.3 Å². The Kier molecular flexibility index (Phi) is 5.06. The maximum atomic E-state index is 5.68. The summed E-state index contributed by atoms with van der Waals surface area (Å²) in [6.07, 6.45) is 6.32. The van der Waals surface area contributed by atoms with Crippen LogP contribution in [0.25, 0.3) is 0 Å². The third kappa shape index (κ3) is 3.74. The molecule has 4 heteroatoms. The third-order valence-electron chi connectivity index (χ3n) is 2.78. The van der Waals surface area contributed by atoms with Crippen molar-refractivity contribution in [3.05, 3.63) is 28.2 Å². The molecule has 2 rings (SSSR count). The Morgan fingerprint density at radius 3 is 3.11 bits per heavy atom. The molecule has 1 aromatic carbocycles. The monoisotopic (exact) mass is 309 g/mol. The van der Waals surface area contributed by atoms with Gasteiger partial charge in [0.1, 0.15) is 12.4 Å². The van der Waals surface area contributed by atoms with Crippen molar-refractivity contribution >= 4 is 15.9 Å². The molecule has 1 atom stereocenters. The van der Waals surface area contributed by atoms with Crippen molar-refractivity contribution in [1.29, 1.82) is 0 Å². The summed E-state index contributed by atoms with van der Waals surface area (Å²) in [5.74, 6) is 3.23. The highest BCUT2D eigenvalue weighted by Gasteiger charge is 2.14. The van der Waals surface area contributed by atoms with Gasteiger partial charge in [-0.05, 0) is 40.0 Å². The summed E-state index contributed by atoms with van der Waals surface area (Å²) in [6, 6.07) is 6.05. The van der Waals surface area contributed by atoms with E-state index >= 15 is 0 Å². The Morgan fingerprint density at radius 1 is 1.56 bits per heavy atom. The van der Waals surface area contributed by atoms with Crippen LogP contribution in [0.3, 0.4) is 0 Å². The number of hydrogen-bond donors (Lipinski definition) is 1. The van der Waals surface area contributed by atoms with Crippen molar-refractivity contribution in [3.8, 4) is 18.1 Å². The third-order valence-corrected chi connectivity index (χ3v) is 3.39. The fourth-order valence-electron chi connectivity index (χ4n) is 1.92. The number of rotatable bonds is 4. The number of hydrogen-bond acceptors (Lipinski definition) is 3. The van der Waals surface area contributed by atoms with E-state index in [1.54, 1.807) is 0 Å². The highest BCUT2D eigenvalue weighted by Crippen LogP contribution is 2.26. The van der Waals surface area contributed by atoms with Crippen LogP contribution in [0.15, 0.2) is 22.7 Å². The molecule has 1 N–H and O–H groups in total. The maximum Gasteiger partial charge on any atom is 0.148 e. The summed E-state index contributed by atoms with van der Waals surface area (Å²) in [4.78, 5) is 0. The van der Waals surface area contributed by atoms with Gasteiger partial charge in [0.05, 0.1) is 17.2 Å². The van der Waals surface area contributed by atoms with E-state index in [1.165, 1.54) is 5.56 Å². The second-order valence-corrected chi connectivity index (χ2v) is 5.01. The van der Waals surface area contributed by atoms with E-state index < -0.39 is 0 Å². The second-order valence-electron chi connectivity index (χ2n) is 4.16. The van der Waals surface area contributed by atoms with Crippen molar-refractivity contribution in [3.63, 3.8) is 0 Å². The van der Waals surface area contributed by atoms with Gasteiger partial charge in [0.15, 0.2) is 0 Å². The average Bonchev–Trinajstić information content (AvgIpc) is 2.39. The first-order valence-electron chi connectivity index (χ1n) is 5.96. The Labute approximate surface area is 116 Å². The molecule has 0 spiro atoms. The van der Waals surface area contributed by atoms with Gasteiger partial charge in [0.25, 0.3) is 0 Å². The summed E-state index contributed by atoms with van der Waals surface area (Å²) in [6.45, 7) is 2.93. The summed E-state index contributed by atoms with van der Waals surface area (Å²) >= 11 is 3.49. The van der Waals surface area contributed by atoms with Crippen molar-refractivity contribution in [2.75, 3.05) is 26.3 Å². The molecule has 0 saturated carbocycles. The van der Waals surface area contributed by atoms with Crippen LogP contribution in [0.4, 0.5) is 0 Å². The number of benzene rings is 1. The number of halogens is 1. The van der Waals surface area contributed by atoms with E-state index in [9.17, 15) is 0 Å². The van der Waals surface area contributed by atoms with Gasteiger partial charge in [-0.25, -0.2) is 0 Å². The molecule has 0 aromatic heterocycles. The fourth-order valence-corrected chi connectivity index (χ4v) is 2.46. The van der Waals surface area contributed by atoms with E-state index in [4.69, 9.17) is 15.9 Å². The summed E-state index contributed by atoms with van der Waals surface area (Å²) in [5, 5.41) is 3.33. The van der Waals surface area contributed by atoms with E-state index in [0.29, 0.717) is 0 Å². The average molecular weight is 310 g/mol. The molecule has 1 fully saturated rings. The Morgan fingerprint density at radius 2 is 2.44 bits per heavy atom. The molecule has 0 radical (unpaired) electrons. The number of morpholine rings is 1. The summed E-state index contributed by atoms with van der Waals surface area (Å²) < 4.78 is 12.0. The van der Waals surface area contributed by atoms with Crippen LogP contribution >= 0.6 is 15.9 Å². The van der Waals surface area contributed by atoms with Gasteiger partial charge < -0.3 is 14.8 Å². The van der Waals surface area contributed by atoms with Gasteiger partial charge in [-0.2, -0.15) is 0 Å². The Balaban J connectivity index is 1.97. The second kappa shape index (κ2) is 6.79. The molecule has 0 bridgehead atoms. The van der Waals surface area contributed by atoms with Crippen LogP contribution in [-0.4, -0.2) is 32.4 Å². The molecule has 18 heavy (non-hydrogen) atoms. The first-order valence-corrected chi connectivity index (χ1v) is 6.76. The summed E-state index contributed by atoms with van der Waals surface area (Å²) in [5.41, 5.74) is 1.23. The van der Waals surface area contributed by atoms with Crippen molar-refractivity contribution in [1.82, 2.24) is 5.32 Å². The number of terminal acetylenes is 1. The molecule has 3 nitrogen and oxygen atoms in total. The highest BCUT2D eigenvalue weighted by atomic mass is 79.9. The standard InChI is InChI=1S/C14H16BrNO2/c1-2-6-18-14-4-3-11(9-13(14)15)8-12-10-16-5-7-17-12/h1,3-4,9,12,16H,5-8,10H2/t12-/m1/s1. The van der Waals surface area contributed by atoms with Gasteiger partial charge in [0, 0.05) is 13.1 Å². The fraction of sp³-hybridized carbons (Fsp3) is 0.429. The van der Waals surface area contributed by atoms with Gasteiger partial charge in [-0.15, -0.1) is 6.42 Å². The molecule has 0 aliphatic carbocycles. The lowest BCUT2D eigenvalue weighted by Crippen LogP contribution is -2.39. The molecular weight excluding hydrogens is 294 g/mol. The molecule has 0 amide bonds. The molecule has 1 aromatic rings. The van der Waals surface area contributed by atoms with Crippen LogP contribution in [0.1, 0.15) is 5.56 Å². The van der Waals surface area contributed by atoms with Crippen molar-refractivity contribution < 1.29 is 9.47 Å². The largest absolute Gasteiger partial charge is 0.480 e. The zero-order chi connectivity index (χ0) is 12.8. The summed E-state index contributed by atoms with van der Waals surface area (Å²) in [7, 11) is 0. The smallest absolute Gasteiger partial charge is 0.148 e. The van der Waals surface area contributed by atoms with Crippen LogP contribution in [-0.2, 0) is 11.2 Å². The van der Waals surface area contributed by atoms with Crippen LogP contribution < -0.4 is 10.1 Å². The minimum Gasteiger partial charge on any atom is -0.480 e. The van der Waals surface area contributed by atoms with Gasteiger partial charge in [-0.3, -0.25) is 0 Å². The van der Waals surface area contributed by atoms with Gasteiger partial charge >= 0.3 is 0 Å². The maximum absolute atomic E-state index is 5.68. The van der Waals surface area contributed by atoms with Crippen molar-refractivity contribution in [2.45, 2.75) is 12.5 Å². The zero-order valence-electron chi connectivity index (χ0n) is 10.1. The molecule has 0 unspecified atom stereocenters. The van der Waals surface area contributed by atoms with Crippen LogP contribution in [0.5, 0.6) is 5.75 Å². The predicted molar refractivity (Wildman–Crippen MR) is 74.8 cm³/mol. The molecular formula is C14H16BrNO2. The SMILES string of the molecule is C#CCOc1ccc(C[C@@H]2CNCCO2)cc1Br. The van der Waals surface area contributed by atoms with E-state index in [1.807, 2.05) is 6.07 Å². The minimum absolute atomic E-state index is 0.253. The lowest BCUT2D eigenvalue weighted by atomic mass is 10.1. The molecule has 1 saturated heterocycles. The van der Waals surface area contributed by atoms with Crippen LogP contribution in [0.2, 0.25) is 0 Å². The zero-order valence-corrected chi connectivity index (χ0v) is 11.7. The molecule has 1 aliphatic heterocycles. The Hall–Kier alpha value is -1.02. The van der Waals surface area contributed by atoms with E-state index in [-0.39, 0.29) is 12.7 Å². The Bertz CT molecular complexity index is 436. The van der Waals surface area contributed by atoms with Crippen molar-refractivity contribution in [2.24, 2.45) is 0 Å². The molecule has 1 heterocycles. The first kappa shape index (κ1) is 13.4. The van der Waals surface area contributed by atoms with Crippen LogP contribution in [0, 0.1) is 12.3 Å². The highest BCUT2D eigenvalue weighted by molar-refractivity contribution is 9.10. The predicted octanol–water partition coefficient (Wildman–Crippen LogP) is 1.99. The lowest BCUT2D eigenvalue weighted by molar-refractivity contribution is 0.0292. The topological polar surface area (TPSA) is 30.5 Å². The number of ether oxygens (including phenoxy) is 2. The van der Waals surface area contributed by atoms with Gasteiger partial charge in [-0.1, -0.05) is 12.0 Å². The quantitative estimate of drug-likeness (QED) is 0.863. The molecule has 1 aliphatic rings.